The second-order valence-corrected chi connectivity index (χ2v) is 4.57. The van der Waals surface area contributed by atoms with E-state index < -0.39 is 23.6 Å². The summed E-state index contributed by atoms with van der Waals surface area (Å²) in [5, 5.41) is 10.8. The number of hydrogen-bond acceptors (Lipinski definition) is 5. The molecule has 106 valence electrons. The van der Waals surface area contributed by atoms with Crippen LogP contribution in [0.4, 0.5) is 0 Å². The first-order chi connectivity index (χ1) is 9.48. The quantitative estimate of drug-likeness (QED) is 0.837. The fourth-order valence-electron chi connectivity index (χ4n) is 2.04. The van der Waals surface area contributed by atoms with E-state index in [4.69, 9.17) is 9.47 Å². The predicted octanol–water partition coefficient (Wildman–Crippen LogP) is 1.23. The van der Waals surface area contributed by atoms with Crippen LogP contribution in [0.3, 0.4) is 0 Å². The van der Waals surface area contributed by atoms with Gasteiger partial charge in [0.2, 0.25) is 5.60 Å². The highest BCUT2D eigenvalue weighted by Gasteiger charge is 2.49. The lowest BCUT2D eigenvalue weighted by molar-refractivity contribution is -0.181. The van der Waals surface area contributed by atoms with E-state index in [1.54, 1.807) is 31.2 Å². The zero-order valence-electron chi connectivity index (χ0n) is 11.3. The molecule has 1 aliphatic heterocycles. The lowest BCUT2D eigenvalue weighted by Crippen LogP contribution is -2.47. The number of ether oxygens (including phenoxy) is 2. The summed E-state index contributed by atoms with van der Waals surface area (Å²) in [7, 11) is 0. The molecule has 1 aromatic rings. The Hall–Kier alpha value is -2.14. The summed E-state index contributed by atoms with van der Waals surface area (Å²) in [6.07, 6.45) is 1.46. The first kappa shape index (κ1) is 14.3. The molecule has 0 unspecified atom stereocenters. The third-order valence-corrected chi connectivity index (χ3v) is 3.14. The topological polar surface area (TPSA) is 72.8 Å². The molecule has 0 aromatic heterocycles. The number of rotatable bonds is 4. The molecule has 0 spiro atoms. The number of carbonyl (C=O) groups is 2. The van der Waals surface area contributed by atoms with Gasteiger partial charge >= 0.3 is 11.9 Å². The second kappa shape index (κ2) is 5.46. The average Bonchev–Trinajstić information content (AvgIpc) is 2.86. The molecule has 0 saturated heterocycles. The fraction of sp³-hybridized carbons (Fsp3) is 0.333. The summed E-state index contributed by atoms with van der Waals surface area (Å²) in [6, 6.07) is 6.76. The zero-order chi connectivity index (χ0) is 14.8. The van der Waals surface area contributed by atoms with Crippen molar-refractivity contribution in [3.63, 3.8) is 0 Å². The summed E-state index contributed by atoms with van der Waals surface area (Å²) in [5.41, 5.74) is -0.725. The molecule has 1 aromatic carbocycles. The fourth-order valence-corrected chi connectivity index (χ4v) is 2.04. The average molecular weight is 276 g/mol. The number of esters is 2. The normalized spacial score (nSPS) is 20.4. The van der Waals surface area contributed by atoms with Crippen molar-refractivity contribution < 1.29 is 24.2 Å². The SMILES string of the molecule is CCOC(=O)[C@](O)(c1ccc(C)cc1)[C@H]1C=CC(=O)O1. The van der Waals surface area contributed by atoms with E-state index in [-0.39, 0.29) is 6.61 Å². The van der Waals surface area contributed by atoms with Crippen LogP contribution in [0.2, 0.25) is 0 Å². The van der Waals surface area contributed by atoms with Crippen LogP contribution >= 0.6 is 0 Å². The zero-order valence-corrected chi connectivity index (χ0v) is 11.3. The molecule has 0 amide bonds. The number of aliphatic hydroxyl groups is 1. The molecule has 0 saturated carbocycles. The van der Waals surface area contributed by atoms with Gasteiger partial charge in [-0.25, -0.2) is 9.59 Å². The number of carbonyl (C=O) groups excluding carboxylic acids is 2. The Bertz CT molecular complexity index is 546. The van der Waals surface area contributed by atoms with Crippen LogP contribution in [0.1, 0.15) is 18.1 Å². The van der Waals surface area contributed by atoms with Crippen molar-refractivity contribution in [2.24, 2.45) is 0 Å². The van der Waals surface area contributed by atoms with Crippen molar-refractivity contribution in [3.05, 3.63) is 47.5 Å². The van der Waals surface area contributed by atoms with Gasteiger partial charge < -0.3 is 14.6 Å². The van der Waals surface area contributed by atoms with Crippen LogP contribution in [-0.2, 0) is 24.7 Å². The van der Waals surface area contributed by atoms with Gasteiger partial charge in [0.25, 0.3) is 0 Å². The van der Waals surface area contributed by atoms with Gasteiger partial charge in [0.15, 0.2) is 6.10 Å². The van der Waals surface area contributed by atoms with Crippen molar-refractivity contribution in [1.82, 2.24) is 0 Å². The van der Waals surface area contributed by atoms with Crippen LogP contribution in [-0.4, -0.2) is 29.8 Å². The highest BCUT2D eigenvalue weighted by Crippen LogP contribution is 2.32. The first-order valence-corrected chi connectivity index (χ1v) is 6.34. The summed E-state index contributed by atoms with van der Waals surface area (Å²) >= 11 is 0. The molecular weight excluding hydrogens is 260 g/mol. The summed E-state index contributed by atoms with van der Waals surface area (Å²) in [6.45, 7) is 3.66. The summed E-state index contributed by atoms with van der Waals surface area (Å²) < 4.78 is 9.90. The van der Waals surface area contributed by atoms with E-state index in [9.17, 15) is 14.7 Å². The van der Waals surface area contributed by atoms with Gasteiger partial charge in [0.1, 0.15) is 0 Å². The van der Waals surface area contributed by atoms with E-state index in [2.05, 4.69) is 0 Å². The molecule has 2 rings (SSSR count). The number of aryl methyl sites for hydroxylation is 1. The van der Waals surface area contributed by atoms with Gasteiger partial charge in [0, 0.05) is 6.08 Å². The summed E-state index contributed by atoms with van der Waals surface area (Å²) in [4.78, 5) is 23.3. The van der Waals surface area contributed by atoms with Gasteiger partial charge in [-0.1, -0.05) is 29.8 Å². The third kappa shape index (κ3) is 2.44. The highest BCUT2D eigenvalue weighted by atomic mass is 16.6. The van der Waals surface area contributed by atoms with Crippen molar-refractivity contribution >= 4 is 11.9 Å². The Kier molecular flexibility index (Phi) is 3.90. The van der Waals surface area contributed by atoms with Crippen molar-refractivity contribution in [2.75, 3.05) is 6.61 Å². The Morgan fingerprint density at radius 1 is 1.40 bits per heavy atom. The maximum Gasteiger partial charge on any atom is 0.347 e. The molecule has 20 heavy (non-hydrogen) atoms. The maximum absolute atomic E-state index is 12.1. The van der Waals surface area contributed by atoms with Crippen LogP contribution < -0.4 is 0 Å². The maximum atomic E-state index is 12.1. The van der Waals surface area contributed by atoms with Crippen LogP contribution in [0.25, 0.3) is 0 Å². The number of benzene rings is 1. The molecule has 1 aliphatic rings. The molecule has 2 atom stereocenters. The van der Waals surface area contributed by atoms with Crippen LogP contribution in [0, 0.1) is 6.92 Å². The molecule has 0 fully saturated rings. The minimum absolute atomic E-state index is 0.122. The minimum atomic E-state index is -2.04. The smallest absolute Gasteiger partial charge is 0.347 e. The van der Waals surface area contributed by atoms with Crippen LogP contribution in [0.5, 0.6) is 0 Å². The lowest BCUT2D eigenvalue weighted by atomic mass is 9.87. The Labute approximate surface area is 116 Å². The van der Waals surface area contributed by atoms with Gasteiger partial charge in [-0.15, -0.1) is 0 Å². The van der Waals surface area contributed by atoms with Gasteiger partial charge in [-0.2, -0.15) is 0 Å². The largest absolute Gasteiger partial charge is 0.463 e. The van der Waals surface area contributed by atoms with Crippen molar-refractivity contribution in [3.8, 4) is 0 Å². The molecular formula is C15H16O5. The summed E-state index contributed by atoms with van der Waals surface area (Å²) in [5.74, 6) is -1.43. The van der Waals surface area contributed by atoms with Crippen molar-refractivity contribution in [1.29, 1.82) is 0 Å². The van der Waals surface area contributed by atoms with E-state index in [0.29, 0.717) is 5.56 Å². The van der Waals surface area contributed by atoms with Gasteiger partial charge in [0.05, 0.1) is 6.61 Å². The van der Waals surface area contributed by atoms with E-state index in [1.165, 1.54) is 12.2 Å². The molecule has 5 nitrogen and oxygen atoms in total. The molecule has 1 heterocycles. The highest BCUT2D eigenvalue weighted by molar-refractivity contribution is 5.88. The van der Waals surface area contributed by atoms with Crippen molar-refractivity contribution in [2.45, 2.75) is 25.6 Å². The minimum Gasteiger partial charge on any atom is -0.463 e. The molecule has 0 aliphatic carbocycles. The molecule has 0 bridgehead atoms. The van der Waals surface area contributed by atoms with Gasteiger partial charge in [-0.3, -0.25) is 0 Å². The van der Waals surface area contributed by atoms with Crippen LogP contribution in [0.15, 0.2) is 36.4 Å². The lowest BCUT2D eigenvalue weighted by Gasteiger charge is -2.30. The monoisotopic (exact) mass is 276 g/mol. The molecule has 0 radical (unpaired) electrons. The third-order valence-electron chi connectivity index (χ3n) is 3.14. The molecule has 1 N–H and O–H groups in total. The van der Waals surface area contributed by atoms with E-state index >= 15 is 0 Å². The Morgan fingerprint density at radius 2 is 2.05 bits per heavy atom. The Morgan fingerprint density at radius 3 is 2.55 bits per heavy atom. The molecule has 5 heteroatoms. The Balaban J connectivity index is 2.43. The number of cyclic esters (lactones) is 1. The van der Waals surface area contributed by atoms with E-state index in [0.717, 1.165) is 5.56 Å². The predicted molar refractivity (Wildman–Crippen MR) is 70.7 cm³/mol. The standard InChI is InChI=1S/C15H16O5/c1-3-19-14(17)15(18,12-8-9-13(16)20-12)11-6-4-10(2)5-7-11/h4-9,12,18H,3H2,1-2H3/t12-,15+/m1/s1. The first-order valence-electron chi connectivity index (χ1n) is 6.34. The van der Waals surface area contributed by atoms with Gasteiger partial charge in [-0.05, 0) is 25.5 Å². The number of hydrogen-bond donors (Lipinski definition) is 1. The second-order valence-electron chi connectivity index (χ2n) is 4.57. The van der Waals surface area contributed by atoms with E-state index in [1.807, 2.05) is 6.92 Å².